The molecular formula is C16H22FNO2. The highest BCUT2D eigenvalue weighted by molar-refractivity contribution is 5.94. The molecule has 4 heteroatoms. The maximum atomic E-state index is 13.6. The third-order valence-electron chi connectivity index (χ3n) is 4.15. The van der Waals surface area contributed by atoms with Crippen molar-refractivity contribution in [1.29, 1.82) is 0 Å². The highest BCUT2D eigenvalue weighted by Gasteiger charge is 2.32. The molecule has 0 atom stereocenters. The first-order valence-electron chi connectivity index (χ1n) is 7.16. The Morgan fingerprint density at radius 3 is 2.75 bits per heavy atom. The van der Waals surface area contributed by atoms with Crippen LogP contribution >= 0.6 is 0 Å². The third-order valence-corrected chi connectivity index (χ3v) is 4.15. The Hall–Kier alpha value is -1.42. The van der Waals surface area contributed by atoms with E-state index >= 15 is 0 Å². The van der Waals surface area contributed by atoms with Crippen LogP contribution in [0.4, 0.5) is 4.39 Å². The van der Waals surface area contributed by atoms with Crippen molar-refractivity contribution in [2.24, 2.45) is 5.92 Å². The van der Waals surface area contributed by atoms with Gasteiger partial charge in [-0.15, -0.1) is 0 Å². The van der Waals surface area contributed by atoms with Gasteiger partial charge in [0, 0.05) is 6.54 Å². The normalized spacial score (nSPS) is 26.3. The molecule has 3 nitrogen and oxygen atoms in total. The van der Waals surface area contributed by atoms with Crippen molar-refractivity contribution in [3.8, 4) is 0 Å². The number of rotatable bonds is 3. The van der Waals surface area contributed by atoms with Crippen LogP contribution in [0.25, 0.3) is 0 Å². The fraction of sp³-hybridized carbons (Fsp3) is 0.562. The molecule has 0 aliphatic heterocycles. The van der Waals surface area contributed by atoms with E-state index in [0.29, 0.717) is 18.8 Å². The summed E-state index contributed by atoms with van der Waals surface area (Å²) in [5, 5.41) is 13.1. The summed E-state index contributed by atoms with van der Waals surface area (Å²) in [6, 6.07) is 4.45. The topological polar surface area (TPSA) is 49.3 Å². The van der Waals surface area contributed by atoms with Gasteiger partial charge in [-0.2, -0.15) is 0 Å². The summed E-state index contributed by atoms with van der Waals surface area (Å²) in [5.41, 5.74) is 0.0298. The molecule has 0 spiro atoms. The van der Waals surface area contributed by atoms with Gasteiger partial charge in [-0.1, -0.05) is 18.6 Å². The van der Waals surface area contributed by atoms with Crippen molar-refractivity contribution in [3.63, 3.8) is 0 Å². The molecule has 0 aromatic heterocycles. The maximum Gasteiger partial charge on any atom is 0.254 e. The van der Waals surface area contributed by atoms with Gasteiger partial charge >= 0.3 is 0 Å². The van der Waals surface area contributed by atoms with Gasteiger partial charge in [-0.05, 0) is 50.7 Å². The van der Waals surface area contributed by atoms with Crippen LogP contribution in [0, 0.1) is 18.7 Å². The molecule has 1 aromatic carbocycles. The Balaban J connectivity index is 1.97. The van der Waals surface area contributed by atoms with E-state index in [1.165, 1.54) is 12.1 Å². The zero-order valence-electron chi connectivity index (χ0n) is 12.1. The minimum absolute atomic E-state index is 0.0396. The summed E-state index contributed by atoms with van der Waals surface area (Å²) >= 11 is 0. The molecule has 1 amide bonds. The van der Waals surface area contributed by atoms with Crippen LogP contribution in [0.2, 0.25) is 0 Å². The Bertz CT molecular complexity index is 493. The lowest BCUT2D eigenvalue weighted by Crippen LogP contribution is -2.45. The van der Waals surface area contributed by atoms with Gasteiger partial charge in [-0.3, -0.25) is 4.79 Å². The highest BCUT2D eigenvalue weighted by Crippen LogP contribution is 2.31. The zero-order chi connectivity index (χ0) is 14.8. The summed E-state index contributed by atoms with van der Waals surface area (Å²) in [4.78, 5) is 12.0. The largest absolute Gasteiger partial charge is 0.388 e. The van der Waals surface area contributed by atoms with E-state index in [9.17, 15) is 14.3 Å². The zero-order valence-corrected chi connectivity index (χ0v) is 12.1. The summed E-state index contributed by atoms with van der Waals surface area (Å²) in [7, 11) is 0. The van der Waals surface area contributed by atoms with Crippen molar-refractivity contribution in [1.82, 2.24) is 5.32 Å². The molecule has 0 saturated heterocycles. The first-order valence-corrected chi connectivity index (χ1v) is 7.16. The predicted octanol–water partition coefficient (Wildman–Crippen LogP) is 2.81. The van der Waals surface area contributed by atoms with E-state index < -0.39 is 17.3 Å². The van der Waals surface area contributed by atoms with Gasteiger partial charge in [0.2, 0.25) is 0 Å². The summed E-state index contributed by atoms with van der Waals surface area (Å²) < 4.78 is 13.6. The Labute approximate surface area is 119 Å². The summed E-state index contributed by atoms with van der Waals surface area (Å²) in [6.07, 6.45) is 3.30. The van der Waals surface area contributed by atoms with E-state index in [-0.39, 0.29) is 12.1 Å². The van der Waals surface area contributed by atoms with Crippen LogP contribution < -0.4 is 5.32 Å². The molecule has 20 heavy (non-hydrogen) atoms. The van der Waals surface area contributed by atoms with E-state index in [2.05, 4.69) is 12.2 Å². The molecule has 2 N–H and O–H groups in total. The Morgan fingerprint density at radius 1 is 1.45 bits per heavy atom. The number of halogens is 1. The molecule has 110 valence electrons. The maximum absolute atomic E-state index is 13.6. The number of nitrogens with one attached hydrogen (secondary N) is 1. The van der Waals surface area contributed by atoms with Crippen molar-refractivity contribution >= 4 is 5.91 Å². The predicted molar refractivity (Wildman–Crippen MR) is 76.1 cm³/mol. The number of carbonyl (C=O) groups is 1. The number of amides is 1. The fourth-order valence-corrected chi connectivity index (χ4v) is 2.63. The number of aryl methyl sites for hydroxylation is 1. The molecular weight excluding hydrogens is 257 g/mol. The molecule has 2 rings (SSSR count). The van der Waals surface area contributed by atoms with Gasteiger partial charge in [0.1, 0.15) is 5.82 Å². The highest BCUT2D eigenvalue weighted by atomic mass is 19.1. The molecule has 1 saturated carbocycles. The van der Waals surface area contributed by atoms with Crippen LogP contribution in [-0.2, 0) is 0 Å². The Morgan fingerprint density at radius 2 is 2.10 bits per heavy atom. The average molecular weight is 279 g/mol. The number of hydrogen-bond acceptors (Lipinski definition) is 2. The number of hydrogen-bond donors (Lipinski definition) is 2. The van der Waals surface area contributed by atoms with Gasteiger partial charge in [-0.25, -0.2) is 4.39 Å². The first-order chi connectivity index (χ1) is 9.39. The third kappa shape index (κ3) is 3.57. The minimum Gasteiger partial charge on any atom is -0.388 e. The van der Waals surface area contributed by atoms with E-state index in [1.807, 2.05) is 6.92 Å². The second kappa shape index (κ2) is 5.92. The van der Waals surface area contributed by atoms with Crippen LogP contribution in [-0.4, -0.2) is 23.2 Å². The molecule has 0 unspecified atom stereocenters. The SMILES string of the molecule is Cc1ccc(F)c(C(=O)NCC2(O)CCC(C)CC2)c1. The second-order valence-corrected chi connectivity index (χ2v) is 6.07. The molecule has 1 aliphatic rings. The molecule has 0 radical (unpaired) electrons. The molecule has 1 aromatic rings. The van der Waals surface area contributed by atoms with Crippen molar-refractivity contribution in [3.05, 3.63) is 35.1 Å². The van der Waals surface area contributed by atoms with Crippen LogP contribution in [0.5, 0.6) is 0 Å². The summed E-state index contributed by atoms with van der Waals surface area (Å²) in [5.74, 6) is -0.365. The monoisotopic (exact) mass is 279 g/mol. The standard InChI is InChI=1S/C16H22FNO2/c1-11-5-7-16(20,8-6-11)10-18-15(19)13-9-12(2)3-4-14(13)17/h3-4,9,11,20H,5-8,10H2,1-2H3,(H,18,19). The Kier molecular flexibility index (Phi) is 4.43. The minimum atomic E-state index is -0.845. The van der Waals surface area contributed by atoms with Crippen molar-refractivity contribution in [2.45, 2.75) is 45.1 Å². The number of carbonyl (C=O) groups excluding carboxylic acids is 1. The lowest BCUT2D eigenvalue weighted by Gasteiger charge is -2.34. The lowest BCUT2D eigenvalue weighted by molar-refractivity contribution is -0.00543. The second-order valence-electron chi connectivity index (χ2n) is 6.07. The van der Waals surface area contributed by atoms with Gasteiger partial charge < -0.3 is 10.4 Å². The van der Waals surface area contributed by atoms with Gasteiger partial charge in [0.15, 0.2) is 0 Å². The van der Waals surface area contributed by atoms with Crippen molar-refractivity contribution in [2.75, 3.05) is 6.54 Å². The smallest absolute Gasteiger partial charge is 0.254 e. The molecule has 0 bridgehead atoms. The quantitative estimate of drug-likeness (QED) is 0.894. The fourth-order valence-electron chi connectivity index (χ4n) is 2.63. The van der Waals surface area contributed by atoms with Gasteiger partial charge in [0.25, 0.3) is 5.91 Å². The van der Waals surface area contributed by atoms with E-state index in [4.69, 9.17) is 0 Å². The van der Waals surface area contributed by atoms with Gasteiger partial charge in [0.05, 0.1) is 11.2 Å². The number of benzene rings is 1. The first kappa shape index (κ1) is 15.0. The van der Waals surface area contributed by atoms with E-state index in [0.717, 1.165) is 18.4 Å². The van der Waals surface area contributed by atoms with Crippen molar-refractivity contribution < 1.29 is 14.3 Å². The average Bonchev–Trinajstić information content (AvgIpc) is 2.43. The number of aliphatic hydroxyl groups is 1. The molecule has 1 aliphatic carbocycles. The van der Waals surface area contributed by atoms with Crippen LogP contribution in [0.1, 0.15) is 48.5 Å². The molecule has 1 fully saturated rings. The van der Waals surface area contributed by atoms with Crippen LogP contribution in [0.15, 0.2) is 18.2 Å². The van der Waals surface area contributed by atoms with Crippen LogP contribution in [0.3, 0.4) is 0 Å². The summed E-state index contributed by atoms with van der Waals surface area (Å²) in [6.45, 7) is 4.17. The lowest BCUT2D eigenvalue weighted by atomic mass is 9.79. The molecule has 0 heterocycles. The van der Waals surface area contributed by atoms with E-state index in [1.54, 1.807) is 6.07 Å².